The van der Waals surface area contributed by atoms with Gasteiger partial charge in [-0.2, -0.15) is 0 Å². The molecule has 0 aromatic carbocycles. The Morgan fingerprint density at radius 2 is 2.17 bits per heavy atom. The van der Waals surface area contributed by atoms with E-state index in [0.29, 0.717) is 17.4 Å². The van der Waals surface area contributed by atoms with E-state index in [1.807, 2.05) is 0 Å². The monoisotopic (exact) mass is 247 g/mol. The number of nitrogens with zero attached hydrogens (tertiary/aromatic N) is 1. The second kappa shape index (κ2) is 6.50. The Bertz CT molecular complexity index is 380. The molecule has 98 valence electrons. The van der Waals surface area contributed by atoms with Crippen molar-refractivity contribution in [2.75, 3.05) is 13.1 Å². The highest BCUT2D eigenvalue weighted by atomic mass is 16.1. The van der Waals surface area contributed by atoms with E-state index in [1.165, 1.54) is 25.7 Å². The molecule has 0 spiro atoms. The summed E-state index contributed by atoms with van der Waals surface area (Å²) in [4.78, 5) is 15.9. The van der Waals surface area contributed by atoms with Gasteiger partial charge in [0.1, 0.15) is 0 Å². The fourth-order valence-corrected chi connectivity index (χ4v) is 2.69. The second-order valence-corrected chi connectivity index (χ2v) is 4.99. The second-order valence-electron chi connectivity index (χ2n) is 4.99. The van der Waals surface area contributed by atoms with Crippen LogP contribution in [0.1, 0.15) is 36.0 Å². The lowest BCUT2D eigenvalue weighted by Gasteiger charge is -2.30. The summed E-state index contributed by atoms with van der Waals surface area (Å²) in [6, 6.07) is 3.56. The number of hydrogen-bond acceptors (Lipinski definition) is 3. The number of rotatable bonds is 4. The fraction of sp³-hybridized carbons (Fsp3) is 0.571. The summed E-state index contributed by atoms with van der Waals surface area (Å²) in [6.07, 6.45) is 8.16. The van der Waals surface area contributed by atoms with E-state index >= 15 is 0 Å². The molecular weight excluding hydrogens is 226 g/mol. The molecule has 2 unspecified atom stereocenters. The fourth-order valence-electron chi connectivity index (χ4n) is 2.69. The number of carbonyl (C=O) groups is 1. The van der Waals surface area contributed by atoms with Crippen molar-refractivity contribution < 1.29 is 4.79 Å². The summed E-state index contributed by atoms with van der Waals surface area (Å²) in [5.41, 5.74) is 6.41. The third-order valence-corrected chi connectivity index (χ3v) is 3.82. The molecule has 1 amide bonds. The van der Waals surface area contributed by atoms with Crippen LogP contribution in [0.4, 0.5) is 0 Å². The number of nitrogens with two attached hydrogens (primary N) is 1. The Morgan fingerprint density at radius 3 is 2.83 bits per heavy atom. The van der Waals surface area contributed by atoms with E-state index in [9.17, 15) is 4.79 Å². The van der Waals surface area contributed by atoms with Crippen molar-refractivity contribution in [2.45, 2.75) is 25.7 Å². The molecule has 1 saturated carbocycles. The number of pyridine rings is 1. The molecule has 1 aromatic rings. The van der Waals surface area contributed by atoms with Gasteiger partial charge >= 0.3 is 0 Å². The van der Waals surface area contributed by atoms with Gasteiger partial charge in [-0.25, -0.2) is 0 Å². The first-order chi connectivity index (χ1) is 8.81. The quantitative estimate of drug-likeness (QED) is 0.848. The summed E-state index contributed by atoms with van der Waals surface area (Å²) in [7, 11) is 0. The van der Waals surface area contributed by atoms with Crippen LogP contribution in [0.3, 0.4) is 0 Å². The molecule has 4 heteroatoms. The van der Waals surface area contributed by atoms with E-state index in [-0.39, 0.29) is 5.91 Å². The van der Waals surface area contributed by atoms with Crippen molar-refractivity contribution in [1.82, 2.24) is 10.3 Å². The number of carbonyl (C=O) groups excluding carboxylic acids is 1. The van der Waals surface area contributed by atoms with Gasteiger partial charge in [0.15, 0.2) is 0 Å². The highest BCUT2D eigenvalue weighted by Gasteiger charge is 2.24. The molecule has 1 aromatic heterocycles. The van der Waals surface area contributed by atoms with Gasteiger partial charge in [0.2, 0.25) is 0 Å². The number of nitrogens with one attached hydrogen (secondary N) is 1. The lowest BCUT2D eigenvalue weighted by molar-refractivity contribution is 0.0934. The predicted molar refractivity (Wildman–Crippen MR) is 71.1 cm³/mol. The van der Waals surface area contributed by atoms with Crippen LogP contribution in [-0.2, 0) is 0 Å². The molecule has 18 heavy (non-hydrogen) atoms. The predicted octanol–water partition coefficient (Wildman–Crippen LogP) is 1.58. The molecule has 0 radical (unpaired) electrons. The van der Waals surface area contributed by atoms with Crippen LogP contribution < -0.4 is 11.1 Å². The number of hydrogen-bond donors (Lipinski definition) is 2. The van der Waals surface area contributed by atoms with E-state index in [0.717, 1.165) is 13.1 Å². The first-order valence-electron chi connectivity index (χ1n) is 6.69. The molecule has 0 bridgehead atoms. The zero-order chi connectivity index (χ0) is 12.8. The van der Waals surface area contributed by atoms with Crippen LogP contribution in [-0.4, -0.2) is 24.0 Å². The highest BCUT2D eigenvalue weighted by molar-refractivity contribution is 5.93. The lowest BCUT2D eigenvalue weighted by atomic mass is 9.79. The maximum atomic E-state index is 11.9. The van der Waals surface area contributed by atoms with Crippen molar-refractivity contribution in [3.63, 3.8) is 0 Å². The van der Waals surface area contributed by atoms with Gasteiger partial charge in [-0.1, -0.05) is 12.8 Å². The molecule has 1 aliphatic carbocycles. The standard InChI is InChI=1S/C14H21N3O/c15-8-11-4-1-2-5-12(11)10-17-14(18)13-6-3-7-16-9-13/h3,6-7,9,11-12H,1-2,4-5,8,10,15H2,(H,17,18). The smallest absolute Gasteiger partial charge is 0.252 e. The Morgan fingerprint density at radius 1 is 1.39 bits per heavy atom. The number of amides is 1. The topological polar surface area (TPSA) is 68.0 Å². The molecule has 4 nitrogen and oxygen atoms in total. The maximum absolute atomic E-state index is 11.9. The largest absolute Gasteiger partial charge is 0.352 e. The van der Waals surface area contributed by atoms with Crippen molar-refractivity contribution >= 4 is 5.91 Å². The third kappa shape index (κ3) is 3.29. The van der Waals surface area contributed by atoms with Gasteiger partial charge in [-0.15, -0.1) is 0 Å². The zero-order valence-corrected chi connectivity index (χ0v) is 10.6. The maximum Gasteiger partial charge on any atom is 0.252 e. The van der Waals surface area contributed by atoms with Crippen LogP contribution in [0.25, 0.3) is 0 Å². The average molecular weight is 247 g/mol. The van der Waals surface area contributed by atoms with Gasteiger partial charge in [0, 0.05) is 18.9 Å². The Labute approximate surface area is 108 Å². The van der Waals surface area contributed by atoms with Crippen LogP contribution in [0.5, 0.6) is 0 Å². The Balaban J connectivity index is 1.85. The summed E-state index contributed by atoms with van der Waals surface area (Å²) in [5.74, 6) is 1.06. The van der Waals surface area contributed by atoms with Crippen molar-refractivity contribution in [2.24, 2.45) is 17.6 Å². The van der Waals surface area contributed by atoms with Crippen molar-refractivity contribution in [3.8, 4) is 0 Å². The molecule has 1 aliphatic rings. The van der Waals surface area contributed by atoms with Crippen LogP contribution in [0.15, 0.2) is 24.5 Å². The summed E-state index contributed by atoms with van der Waals surface area (Å²) >= 11 is 0. The molecule has 1 fully saturated rings. The van der Waals surface area contributed by atoms with E-state index in [1.54, 1.807) is 24.5 Å². The molecule has 0 saturated heterocycles. The van der Waals surface area contributed by atoms with Gasteiger partial charge in [-0.3, -0.25) is 9.78 Å². The minimum absolute atomic E-state index is 0.0376. The Kier molecular flexibility index (Phi) is 4.70. The molecular formula is C14H21N3O. The summed E-state index contributed by atoms with van der Waals surface area (Å²) < 4.78 is 0. The normalized spacial score (nSPS) is 23.6. The van der Waals surface area contributed by atoms with Crippen LogP contribution in [0.2, 0.25) is 0 Å². The van der Waals surface area contributed by atoms with E-state index in [4.69, 9.17) is 5.73 Å². The van der Waals surface area contributed by atoms with Crippen LogP contribution in [0, 0.1) is 11.8 Å². The third-order valence-electron chi connectivity index (χ3n) is 3.82. The molecule has 0 aliphatic heterocycles. The van der Waals surface area contributed by atoms with Gasteiger partial charge in [0.25, 0.3) is 5.91 Å². The lowest BCUT2D eigenvalue weighted by Crippen LogP contribution is -2.36. The molecule has 2 atom stereocenters. The zero-order valence-electron chi connectivity index (χ0n) is 10.6. The average Bonchev–Trinajstić information content (AvgIpc) is 2.46. The van der Waals surface area contributed by atoms with Gasteiger partial charge < -0.3 is 11.1 Å². The van der Waals surface area contributed by atoms with Crippen LogP contribution >= 0.6 is 0 Å². The van der Waals surface area contributed by atoms with E-state index in [2.05, 4.69) is 10.3 Å². The SMILES string of the molecule is NCC1CCCCC1CNC(=O)c1cccnc1. The summed E-state index contributed by atoms with van der Waals surface area (Å²) in [6.45, 7) is 1.46. The highest BCUT2D eigenvalue weighted by Crippen LogP contribution is 2.28. The van der Waals surface area contributed by atoms with Crippen molar-refractivity contribution in [1.29, 1.82) is 0 Å². The van der Waals surface area contributed by atoms with E-state index < -0.39 is 0 Å². The van der Waals surface area contributed by atoms with Gasteiger partial charge in [0.05, 0.1) is 5.56 Å². The van der Waals surface area contributed by atoms with Crippen molar-refractivity contribution in [3.05, 3.63) is 30.1 Å². The first kappa shape index (κ1) is 13.0. The molecule has 2 rings (SSSR count). The number of aromatic nitrogens is 1. The molecule has 1 heterocycles. The van der Waals surface area contributed by atoms with Gasteiger partial charge in [-0.05, 0) is 43.4 Å². The summed E-state index contributed by atoms with van der Waals surface area (Å²) in [5, 5.41) is 3.00. The Hall–Kier alpha value is -1.42. The molecule has 3 N–H and O–H groups in total. The minimum atomic E-state index is -0.0376. The first-order valence-corrected chi connectivity index (χ1v) is 6.69. The minimum Gasteiger partial charge on any atom is -0.352 e.